The van der Waals surface area contributed by atoms with Gasteiger partial charge in [-0.1, -0.05) is 17.3 Å². The van der Waals surface area contributed by atoms with Gasteiger partial charge in [0.05, 0.1) is 5.56 Å². The molecule has 2 rings (SSSR count). The van der Waals surface area contributed by atoms with Crippen molar-refractivity contribution in [1.29, 1.82) is 0 Å². The van der Waals surface area contributed by atoms with E-state index < -0.39 is 0 Å². The van der Waals surface area contributed by atoms with E-state index in [1.165, 1.54) is 6.33 Å². The highest BCUT2D eigenvalue weighted by Crippen LogP contribution is 2.26. The molecule has 0 fully saturated rings. The summed E-state index contributed by atoms with van der Waals surface area (Å²) in [7, 11) is 0. The second-order valence-corrected chi connectivity index (χ2v) is 2.79. The van der Waals surface area contributed by atoms with Gasteiger partial charge in [0, 0.05) is 5.69 Å². The molecule has 0 spiro atoms. The van der Waals surface area contributed by atoms with E-state index in [2.05, 4.69) is 10.1 Å². The summed E-state index contributed by atoms with van der Waals surface area (Å²) in [6.07, 6.45) is 1.36. The largest absolute Gasteiger partial charge is 0.398 e. The van der Waals surface area contributed by atoms with Crippen molar-refractivity contribution in [3.8, 4) is 11.5 Å². The Kier molecular flexibility index (Phi) is 1.73. The zero-order valence-electron chi connectivity index (χ0n) is 7.19. The Balaban J connectivity index is 2.64. The van der Waals surface area contributed by atoms with Gasteiger partial charge in [-0.05, 0) is 18.6 Å². The molecule has 0 aliphatic rings. The van der Waals surface area contributed by atoms with Crippen LogP contribution in [0.1, 0.15) is 5.56 Å². The van der Waals surface area contributed by atoms with Gasteiger partial charge in [0.2, 0.25) is 0 Å². The SMILES string of the molecule is Cc1cccc(N)c1-c1ncno1. The summed E-state index contributed by atoms with van der Waals surface area (Å²) >= 11 is 0. The highest BCUT2D eigenvalue weighted by Gasteiger charge is 2.10. The van der Waals surface area contributed by atoms with E-state index in [9.17, 15) is 0 Å². The first-order valence-corrected chi connectivity index (χ1v) is 3.91. The average molecular weight is 175 g/mol. The molecule has 0 radical (unpaired) electrons. The van der Waals surface area contributed by atoms with Crippen molar-refractivity contribution in [1.82, 2.24) is 10.1 Å². The van der Waals surface area contributed by atoms with E-state index in [1.807, 2.05) is 25.1 Å². The summed E-state index contributed by atoms with van der Waals surface area (Å²) in [5.74, 6) is 0.468. The molecular weight excluding hydrogens is 166 g/mol. The maximum absolute atomic E-state index is 5.78. The molecule has 0 bridgehead atoms. The van der Waals surface area contributed by atoms with Crippen LogP contribution in [0.4, 0.5) is 5.69 Å². The highest BCUT2D eigenvalue weighted by molar-refractivity contribution is 5.73. The molecule has 1 aromatic heterocycles. The minimum Gasteiger partial charge on any atom is -0.398 e. The van der Waals surface area contributed by atoms with Crippen molar-refractivity contribution >= 4 is 5.69 Å². The Morgan fingerprint density at radius 2 is 2.23 bits per heavy atom. The van der Waals surface area contributed by atoms with Crippen molar-refractivity contribution < 1.29 is 4.52 Å². The smallest absolute Gasteiger partial charge is 0.259 e. The fourth-order valence-electron chi connectivity index (χ4n) is 1.27. The van der Waals surface area contributed by atoms with Gasteiger partial charge in [-0.25, -0.2) is 0 Å². The molecule has 1 heterocycles. The van der Waals surface area contributed by atoms with E-state index in [0.29, 0.717) is 11.6 Å². The fourth-order valence-corrected chi connectivity index (χ4v) is 1.27. The Morgan fingerprint density at radius 3 is 2.85 bits per heavy atom. The lowest BCUT2D eigenvalue weighted by Crippen LogP contribution is -1.92. The highest BCUT2D eigenvalue weighted by atomic mass is 16.5. The lowest BCUT2D eigenvalue weighted by Gasteiger charge is -2.03. The van der Waals surface area contributed by atoms with Crippen LogP contribution in [0.15, 0.2) is 29.0 Å². The van der Waals surface area contributed by atoms with Gasteiger partial charge >= 0.3 is 0 Å². The van der Waals surface area contributed by atoms with Crippen LogP contribution in [0.3, 0.4) is 0 Å². The van der Waals surface area contributed by atoms with E-state index in [-0.39, 0.29) is 0 Å². The van der Waals surface area contributed by atoms with Crippen molar-refractivity contribution in [2.75, 3.05) is 5.73 Å². The number of nitrogens with zero attached hydrogens (tertiary/aromatic N) is 2. The van der Waals surface area contributed by atoms with Gasteiger partial charge in [-0.2, -0.15) is 4.98 Å². The van der Waals surface area contributed by atoms with E-state index in [1.54, 1.807) is 0 Å². The van der Waals surface area contributed by atoms with Crippen LogP contribution in [0, 0.1) is 6.92 Å². The summed E-state index contributed by atoms with van der Waals surface area (Å²) < 4.78 is 4.94. The first kappa shape index (κ1) is 7.79. The Bertz CT molecular complexity index is 389. The van der Waals surface area contributed by atoms with Crippen molar-refractivity contribution in [2.24, 2.45) is 0 Å². The zero-order valence-corrected chi connectivity index (χ0v) is 7.19. The summed E-state index contributed by atoms with van der Waals surface area (Å²) in [5.41, 5.74) is 8.29. The van der Waals surface area contributed by atoms with E-state index in [0.717, 1.165) is 11.1 Å². The number of aromatic nitrogens is 2. The maximum Gasteiger partial charge on any atom is 0.259 e. The lowest BCUT2D eigenvalue weighted by atomic mass is 10.1. The fraction of sp³-hybridized carbons (Fsp3) is 0.111. The number of nitrogen functional groups attached to an aromatic ring is 1. The third-order valence-corrected chi connectivity index (χ3v) is 1.88. The van der Waals surface area contributed by atoms with Crippen LogP contribution in [-0.4, -0.2) is 10.1 Å². The first-order valence-electron chi connectivity index (χ1n) is 3.91. The van der Waals surface area contributed by atoms with Crippen LogP contribution in [0.25, 0.3) is 11.5 Å². The minimum absolute atomic E-state index is 0.468. The molecule has 66 valence electrons. The van der Waals surface area contributed by atoms with Crippen molar-refractivity contribution in [3.63, 3.8) is 0 Å². The lowest BCUT2D eigenvalue weighted by molar-refractivity contribution is 0.430. The van der Waals surface area contributed by atoms with Crippen LogP contribution < -0.4 is 5.73 Å². The number of rotatable bonds is 1. The van der Waals surface area contributed by atoms with E-state index in [4.69, 9.17) is 10.3 Å². The molecule has 0 aliphatic carbocycles. The predicted octanol–water partition coefficient (Wildman–Crippen LogP) is 1.63. The monoisotopic (exact) mass is 175 g/mol. The first-order chi connectivity index (χ1) is 6.29. The Hall–Kier alpha value is -1.84. The predicted molar refractivity (Wildman–Crippen MR) is 48.9 cm³/mol. The van der Waals surface area contributed by atoms with Gasteiger partial charge in [-0.3, -0.25) is 0 Å². The molecule has 2 N–H and O–H groups in total. The second-order valence-electron chi connectivity index (χ2n) is 2.79. The number of hydrogen-bond donors (Lipinski definition) is 1. The van der Waals surface area contributed by atoms with Gasteiger partial charge in [0.25, 0.3) is 5.89 Å². The topological polar surface area (TPSA) is 64.9 Å². The van der Waals surface area contributed by atoms with Crippen LogP contribution in [-0.2, 0) is 0 Å². The average Bonchev–Trinajstić information content (AvgIpc) is 2.57. The second kappa shape index (κ2) is 2.90. The van der Waals surface area contributed by atoms with Crippen LogP contribution >= 0.6 is 0 Å². The number of benzene rings is 1. The third-order valence-electron chi connectivity index (χ3n) is 1.88. The quantitative estimate of drug-likeness (QED) is 0.669. The molecule has 0 aliphatic heterocycles. The van der Waals surface area contributed by atoms with Crippen molar-refractivity contribution in [2.45, 2.75) is 6.92 Å². The molecule has 4 heteroatoms. The molecule has 0 unspecified atom stereocenters. The third kappa shape index (κ3) is 1.26. The maximum atomic E-state index is 5.78. The number of anilines is 1. The van der Waals surface area contributed by atoms with Crippen LogP contribution in [0.5, 0.6) is 0 Å². The van der Waals surface area contributed by atoms with Crippen LogP contribution in [0.2, 0.25) is 0 Å². The summed E-state index contributed by atoms with van der Waals surface area (Å²) in [6, 6.07) is 5.66. The van der Waals surface area contributed by atoms with Gasteiger partial charge in [-0.15, -0.1) is 0 Å². The number of nitrogens with two attached hydrogens (primary N) is 1. The molecular formula is C9H9N3O. The summed E-state index contributed by atoms with van der Waals surface area (Å²) in [4.78, 5) is 3.95. The molecule has 1 aromatic carbocycles. The molecule has 4 nitrogen and oxygen atoms in total. The molecule has 13 heavy (non-hydrogen) atoms. The van der Waals surface area contributed by atoms with Crippen molar-refractivity contribution in [3.05, 3.63) is 30.1 Å². The molecule has 2 aromatic rings. The zero-order chi connectivity index (χ0) is 9.26. The number of hydrogen-bond acceptors (Lipinski definition) is 4. The number of aryl methyl sites for hydroxylation is 1. The molecule has 0 amide bonds. The Morgan fingerprint density at radius 1 is 1.38 bits per heavy atom. The molecule has 0 atom stereocenters. The van der Waals surface area contributed by atoms with Gasteiger partial charge in [0.15, 0.2) is 6.33 Å². The van der Waals surface area contributed by atoms with E-state index >= 15 is 0 Å². The van der Waals surface area contributed by atoms with Gasteiger partial charge < -0.3 is 10.3 Å². The summed E-state index contributed by atoms with van der Waals surface area (Å²) in [5, 5.41) is 3.54. The Labute approximate surface area is 75.4 Å². The van der Waals surface area contributed by atoms with Gasteiger partial charge in [0.1, 0.15) is 0 Å². The molecule has 0 saturated carbocycles. The standard InChI is InChI=1S/C9H9N3O/c1-6-3-2-4-7(10)8(6)9-11-5-12-13-9/h2-5H,10H2,1H3. The molecule has 0 saturated heterocycles. The normalized spacial score (nSPS) is 10.2. The summed E-state index contributed by atoms with van der Waals surface area (Å²) in [6.45, 7) is 1.95. The minimum atomic E-state index is 0.468.